The molecule has 2 N–H and O–H groups in total. The molecular weight excluding hydrogens is 414 g/mol. The maximum Gasteiger partial charge on any atom is 0.239 e. The van der Waals surface area contributed by atoms with Crippen LogP contribution in [0.15, 0.2) is 30.3 Å². The molecule has 3 heterocycles. The fourth-order valence-electron chi connectivity index (χ4n) is 4.32. The largest absolute Gasteiger partial charge is 0.377 e. The van der Waals surface area contributed by atoms with Crippen molar-refractivity contribution in [3.63, 3.8) is 0 Å². The molecule has 164 valence electrons. The van der Waals surface area contributed by atoms with Crippen LogP contribution in [0, 0.1) is 4.78 Å². The summed E-state index contributed by atoms with van der Waals surface area (Å²) in [5.41, 5.74) is 2.40. The van der Waals surface area contributed by atoms with Gasteiger partial charge in [0.05, 0.1) is 50.5 Å². The molecule has 1 saturated carbocycles. The SMILES string of the molecule is CNc1nc2ccccc2n1-c1nc(N2CCOCC2C)cc(C2(S(C)(=N)=O)CC2)n1. The molecule has 0 bridgehead atoms. The van der Waals surface area contributed by atoms with E-state index in [-0.39, 0.29) is 6.04 Å². The number of imidazole rings is 1. The molecule has 2 unspecified atom stereocenters. The molecule has 1 aromatic carbocycles. The van der Waals surface area contributed by atoms with E-state index in [0.29, 0.717) is 43.6 Å². The molecule has 10 heteroatoms. The number of morpholine rings is 1. The molecule has 3 aromatic rings. The Labute approximate surface area is 181 Å². The second kappa shape index (κ2) is 7.16. The van der Waals surface area contributed by atoms with Crippen molar-refractivity contribution in [2.24, 2.45) is 0 Å². The van der Waals surface area contributed by atoms with E-state index in [1.54, 1.807) is 0 Å². The highest BCUT2D eigenvalue weighted by Gasteiger charge is 2.53. The van der Waals surface area contributed by atoms with Gasteiger partial charge in [0.1, 0.15) is 5.82 Å². The Morgan fingerprint density at radius 3 is 2.71 bits per heavy atom. The third-order valence-corrected chi connectivity index (χ3v) is 8.37. The number of aromatic nitrogens is 4. The van der Waals surface area contributed by atoms with Crippen molar-refractivity contribution in [2.45, 2.75) is 30.6 Å². The standard InChI is InChI=1S/C21H27N7O2S/c1-14-13-30-11-10-27(14)18-12-17(21(8-9-21)31(3,22)29)25-20(26-18)28-16-7-5-4-6-15(16)24-19(28)23-2/h4-7,12,14,22H,8-11,13H2,1-3H3,(H,23,24). The first-order chi connectivity index (χ1) is 14.8. The first-order valence-corrected chi connectivity index (χ1v) is 12.4. The summed E-state index contributed by atoms with van der Waals surface area (Å²) in [6.07, 6.45) is 2.92. The normalized spacial score (nSPS) is 22.3. The van der Waals surface area contributed by atoms with Gasteiger partial charge in [-0.05, 0) is 31.9 Å². The molecule has 1 aliphatic heterocycles. The van der Waals surface area contributed by atoms with Gasteiger partial charge < -0.3 is 15.0 Å². The van der Waals surface area contributed by atoms with Crippen molar-refractivity contribution >= 4 is 32.5 Å². The van der Waals surface area contributed by atoms with E-state index in [9.17, 15) is 4.21 Å². The molecule has 5 rings (SSSR count). The lowest BCUT2D eigenvalue weighted by Crippen LogP contribution is -2.44. The zero-order valence-electron chi connectivity index (χ0n) is 18.0. The second-order valence-electron chi connectivity index (χ2n) is 8.38. The maximum atomic E-state index is 12.9. The topological polar surface area (TPSA) is 109 Å². The molecule has 2 fully saturated rings. The summed E-state index contributed by atoms with van der Waals surface area (Å²) >= 11 is 0. The molecular formula is C21H27N7O2S. The van der Waals surface area contributed by atoms with E-state index in [1.165, 1.54) is 6.26 Å². The fraction of sp³-hybridized carbons (Fsp3) is 0.476. The number of nitrogens with zero attached hydrogens (tertiary/aromatic N) is 5. The van der Waals surface area contributed by atoms with Crippen molar-refractivity contribution in [1.82, 2.24) is 19.5 Å². The van der Waals surface area contributed by atoms with Crippen molar-refractivity contribution in [3.8, 4) is 5.95 Å². The van der Waals surface area contributed by atoms with Crippen LogP contribution < -0.4 is 10.2 Å². The first kappa shape index (κ1) is 20.2. The lowest BCUT2D eigenvalue weighted by Gasteiger charge is -2.34. The highest BCUT2D eigenvalue weighted by atomic mass is 32.2. The number of benzene rings is 1. The van der Waals surface area contributed by atoms with Crippen LogP contribution in [0.5, 0.6) is 0 Å². The van der Waals surface area contributed by atoms with Gasteiger partial charge in [-0.3, -0.25) is 4.78 Å². The molecule has 0 spiro atoms. The zero-order chi connectivity index (χ0) is 21.8. The van der Waals surface area contributed by atoms with Crippen LogP contribution in [0.25, 0.3) is 17.0 Å². The van der Waals surface area contributed by atoms with Gasteiger partial charge in [-0.25, -0.2) is 18.7 Å². The summed E-state index contributed by atoms with van der Waals surface area (Å²) in [6, 6.07) is 9.92. The predicted molar refractivity (Wildman–Crippen MR) is 122 cm³/mol. The molecule has 2 aromatic heterocycles. The highest BCUT2D eigenvalue weighted by Crippen LogP contribution is 2.52. The molecule has 31 heavy (non-hydrogen) atoms. The van der Waals surface area contributed by atoms with E-state index in [0.717, 1.165) is 23.4 Å². The van der Waals surface area contributed by atoms with Gasteiger partial charge in [-0.1, -0.05) is 12.1 Å². The Balaban J connectivity index is 1.75. The number of nitrogens with one attached hydrogen (secondary N) is 2. The quantitative estimate of drug-likeness (QED) is 0.626. The number of anilines is 2. The van der Waals surface area contributed by atoms with Gasteiger partial charge in [-0.15, -0.1) is 0 Å². The third kappa shape index (κ3) is 3.25. The number of rotatable bonds is 5. The monoisotopic (exact) mass is 441 g/mol. The van der Waals surface area contributed by atoms with Gasteiger partial charge in [-0.2, -0.15) is 4.98 Å². The summed E-state index contributed by atoms with van der Waals surface area (Å²) in [6.45, 7) is 4.07. The summed E-state index contributed by atoms with van der Waals surface area (Å²) in [7, 11) is -1.01. The molecule has 2 atom stereocenters. The Kier molecular flexibility index (Phi) is 4.67. The van der Waals surface area contributed by atoms with E-state index in [4.69, 9.17) is 19.5 Å². The van der Waals surface area contributed by atoms with Crippen LogP contribution in [0.3, 0.4) is 0 Å². The van der Waals surface area contributed by atoms with Gasteiger partial charge in [0.25, 0.3) is 0 Å². The third-order valence-electron chi connectivity index (χ3n) is 6.26. The van der Waals surface area contributed by atoms with Gasteiger partial charge in [0, 0.05) is 25.9 Å². The Bertz CT molecular complexity index is 1250. The van der Waals surface area contributed by atoms with Crippen LogP contribution in [-0.2, 0) is 19.2 Å². The van der Waals surface area contributed by atoms with E-state index in [1.807, 2.05) is 41.9 Å². The second-order valence-corrected chi connectivity index (χ2v) is 10.8. The van der Waals surface area contributed by atoms with Crippen molar-refractivity contribution < 1.29 is 8.95 Å². The molecule has 1 saturated heterocycles. The molecule has 0 amide bonds. The Morgan fingerprint density at radius 2 is 2.03 bits per heavy atom. The van der Waals surface area contributed by atoms with Crippen LogP contribution in [0.1, 0.15) is 25.5 Å². The minimum atomic E-state index is -2.82. The first-order valence-electron chi connectivity index (χ1n) is 10.5. The summed E-state index contributed by atoms with van der Waals surface area (Å²) in [4.78, 5) is 16.7. The molecule has 2 aliphatic rings. The van der Waals surface area contributed by atoms with Crippen LogP contribution in [0.4, 0.5) is 11.8 Å². The number of para-hydroxylation sites is 2. The van der Waals surface area contributed by atoms with Gasteiger partial charge in [0.2, 0.25) is 11.9 Å². The van der Waals surface area contributed by atoms with Crippen molar-refractivity contribution in [3.05, 3.63) is 36.0 Å². The Morgan fingerprint density at radius 1 is 1.26 bits per heavy atom. The fourth-order valence-corrected chi connectivity index (χ4v) is 5.71. The minimum absolute atomic E-state index is 0.157. The number of ether oxygens (including phenoxy) is 1. The lowest BCUT2D eigenvalue weighted by atomic mass is 10.2. The molecule has 0 radical (unpaired) electrons. The van der Waals surface area contributed by atoms with Gasteiger partial charge in [0.15, 0.2) is 0 Å². The van der Waals surface area contributed by atoms with Crippen LogP contribution >= 0.6 is 0 Å². The molecule has 9 nitrogen and oxygen atoms in total. The number of hydrogen-bond acceptors (Lipinski definition) is 8. The zero-order valence-corrected chi connectivity index (χ0v) is 18.8. The van der Waals surface area contributed by atoms with Gasteiger partial charge >= 0.3 is 0 Å². The maximum absolute atomic E-state index is 12.9. The summed E-state index contributed by atoms with van der Waals surface area (Å²) in [5.74, 6) is 1.87. The summed E-state index contributed by atoms with van der Waals surface area (Å²) < 4.78 is 28.0. The Hall–Kier alpha value is -2.72. The average molecular weight is 442 g/mol. The molecule has 1 aliphatic carbocycles. The average Bonchev–Trinajstić information content (AvgIpc) is 3.49. The predicted octanol–water partition coefficient (Wildman–Crippen LogP) is 2.75. The van der Waals surface area contributed by atoms with Crippen LogP contribution in [0.2, 0.25) is 0 Å². The lowest BCUT2D eigenvalue weighted by molar-refractivity contribution is 0.0985. The smallest absolute Gasteiger partial charge is 0.239 e. The van der Waals surface area contributed by atoms with Crippen molar-refractivity contribution in [1.29, 1.82) is 4.78 Å². The number of fused-ring (bicyclic) bond motifs is 1. The van der Waals surface area contributed by atoms with Crippen molar-refractivity contribution in [2.75, 3.05) is 43.3 Å². The van der Waals surface area contributed by atoms with E-state index in [2.05, 4.69) is 22.1 Å². The van der Waals surface area contributed by atoms with E-state index < -0.39 is 14.5 Å². The highest BCUT2D eigenvalue weighted by molar-refractivity contribution is 7.92. The summed E-state index contributed by atoms with van der Waals surface area (Å²) in [5, 5.41) is 3.14. The van der Waals surface area contributed by atoms with E-state index >= 15 is 0 Å². The number of hydrogen-bond donors (Lipinski definition) is 2. The minimum Gasteiger partial charge on any atom is -0.377 e. The van der Waals surface area contributed by atoms with Crippen LogP contribution in [-0.4, -0.2) is 62.8 Å².